The van der Waals surface area contributed by atoms with Crippen LogP contribution in [-0.2, 0) is 10.0 Å². The lowest BCUT2D eigenvalue weighted by Gasteiger charge is -2.09. The predicted octanol–water partition coefficient (Wildman–Crippen LogP) is 1.63. The van der Waals surface area contributed by atoms with Crippen LogP contribution in [0.5, 0.6) is 0 Å². The van der Waals surface area contributed by atoms with Gasteiger partial charge in [-0.1, -0.05) is 11.6 Å². The third-order valence-corrected chi connectivity index (χ3v) is 2.87. The number of aryl methyl sites for hydroxylation is 1. The minimum absolute atomic E-state index is 0.202. The first-order valence-corrected chi connectivity index (χ1v) is 5.64. The lowest BCUT2D eigenvalue weighted by atomic mass is 10.2. The molecule has 2 N–H and O–H groups in total. The van der Waals surface area contributed by atoms with E-state index in [-0.39, 0.29) is 5.69 Å². The summed E-state index contributed by atoms with van der Waals surface area (Å²) in [6, 6.07) is 0.961. The van der Waals surface area contributed by atoms with Crippen LogP contribution in [0.15, 0.2) is 11.0 Å². The maximum absolute atomic E-state index is 12.5. The number of primary sulfonamides is 1. The van der Waals surface area contributed by atoms with Gasteiger partial charge in [-0.05, 0) is 13.0 Å². The molecule has 0 spiro atoms. The number of nitrogens with two attached hydrogens (primary N) is 1. The number of nitrogens with zero attached hydrogens (tertiary/aromatic N) is 1. The normalized spacial score (nSPS) is 12.1. The van der Waals surface area contributed by atoms with Crippen LogP contribution in [0.4, 0.5) is 8.78 Å². The molecule has 1 rings (SSSR count). The number of rotatable bonds is 2. The molecule has 0 aliphatic rings. The highest BCUT2D eigenvalue weighted by Crippen LogP contribution is 2.31. The molecule has 15 heavy (non-hydrogen) atoms. The lowest BCUT2D eigenvalue weighted by Crippen LogP contribution is -2.16. The van der Waals surface area contributed by atoms with Crippen LogP contribution in [0.25, 0.3) is 0 Å². The van der Waals surface area contributed by atoms with Crippen molar-refractivity contribution in [3.63, 3.8) is 0 Å². The highest BCUT2D eigenvalue weighted by atomic mass is 35.5. The monoisotopic (exact) mass is 256 g/mol. The summed E-state index contributed by atoms with van der Waals surface area (Å²) in [6.45, 7) is 1.43. The lowest BCUT2D eigenvalue weighted by molar-refractivity contribution is 0.147. The molecule has 1 aromatic rings. The fraction of sp³-hybridized carbons (Fsp3) is 0.286. The zero-order valence-corrected chi connectivity index (χ0v) is 9.11. The van der Waals surface area contributed by atoms with Gasteiger partial charge in [0.1, 0.15) is 5.15 Å². The molecule has 0 atom stereocenters. The molecule has 0 fully saturated rings. The smallest absolute Gasteiger partial charge is 0.241 e. The van der Waals surface area contributed by atoms with Gasteiger partial charge in [-0.3, -0.25) is 0 Å². The summed E-state index contributed by atoms with van der Waals surface area (Å²) in [5.74, 6) is 0. The largest absolute Gasteiger partial charge is 0.268 e. The maximum Gasteiger partial charge on any atom is 0.268 e. The Labute approximate surface area is 90.1 Å². The molecule has 0 radical (unpaired) electrons. The third kappa shape index (κ3) is 2.61. The van der Waals surface area contributed by atoms with Crippen molar-refractivity contribution < 1.29 is 17.2 Å². The Morgan fingerprint density at radius 1 is 1.53 bits per heavy atom. The Morgan fingerprint density at radius 3 is 2.47 bits per heavy atom. The molecule has 0 aromatic carbocycles. The summed E-state index contributed by atoms with van der Waals surface area (Å²) in [6.07, 6.45) is -3.04. The highest BCUT2D eigenvalue weighted by molar-refractivity contribution is 7.89. The van der Waals surface area contributed by atoms with E-state index in [1.807, 2.05) is 0 Å². The zero-order valence-electron chi connectivity index (χ0n) is 7.54. The van der Waals surface area contributed by atoms with Crippen molar-refractivity contribution in [1.82, 2.24) is 4.98 Å². The predicted molar refractivity (Wildman–Crippen MR) is 50.3 cm³/mol. The second-order valence-electron chi connectivity index (χ2n) is 2.81. The van der Waals surface area contributed by atoms with Gasteiger partial charge >= 0.3 is 0 Å². The van der Waals surface area contributed by atoms with Crippen LogP contribution < -0.4 is 5.14 Å². The van der Waals surface area contributed by atoms with E-state index in [1.165, 1.54) is 6.92 Å². The van der Waals surface area contributed by atoms with E-state index >= 15 is 0 Å². The van der Waals surface area contributed by atoms with Gasteiger partial charge in [-0.2, -0.15) is 0 Å². The molecule has 0 saturated carbocycles. The quantitative estimate of drug-likeness (QED) is 0.818. The van der Waals surface area contributed by atoms with Gasteiger partial charge in [-0.15, -0.1) is 0 Å². The molecule has 0 unspecified atom stereocenters. The minimum atomic E-state index is -4.23. The van der Waals surface area contributed by atoms with Gasteiger partial charge in [0.25, 0.3) is 6.43 Å². The molecule has 1 aromatic heterocycles. The first-order valence-electron chi connectivity index (χ1n) is 3.71. The number of sulfonamides is 1. The maximum atomic E-state index is 12.5. The minimum Gasteiger partial charge on any atom is -0.241 e. The van der Waals surface area contributed by atoms with Crippen molar-refractivity contribution in [2.45, 2.75) is 18.2 Å². The van der Waals surface area contributed by atoms with Crippen LogP contribution >= 0.6 is 11.6 Å². The summed E-state index contributed by atoms with van der Waals surface area (Å²) in [5, 5.41) is 4.24. The average molecular weight is 257 g/mol. The van der Waals surface area contributed by atoms with E-state index in [1.54, 1.807) is 0 Å². The fourth-order valence-corrected chi connectivity index (χ4v) is 2.25. The topological polar surface area (TPSA) is 73.1 Å². The molecule has 0 aliphatic carbocycles. The summed E-state index contributed by atoms with van der Waals surface area (Å²) in [4.78, 5) is 2.85. The van der Waals surface area contributed by atoms with Crippen LogP contribution in [-0.4, -0.2) is 13.4 Å². The molecule has 84 valence electrons. The SMILES string of the molecule is Cc1cc(S(N)(=O)=O)c(C(F)F)c(Cl)n1. The van der Waals surface area contributed by atoms with Gasteiger partial charge in [0, 0.05) is 5.69 Å². The van der Waals surface area contributed by atoms with Crippen LogP contribution in [0.2, 0.25) is 5.15 Å². The zero-order chi connectivity index (χ0) is 11.8. The molecule has 1 heterocycles. The highest BCUT2D eigenvalue weighted by Gasteiger charge is 2.25. The van der Waals surface area contributed by atoms with Gasteiger partial charge in [0.15, 0.2) is 0 Å². The van der Waals surface area contributed by atoms with E-state index in [4.69, 9.17) is 16.7 Å². The molecule has 0 saturated heterocycles. The number of alkyl halides is 2. The van der Waals surface area contributed by atoms with Crippen molar-refractivity contribution in [1.29, 1.82) is 0 Å². The Morgan fingerprint density at radius 2 is 2.07 bits per heavy atom. The molecular weight excluding hydrogens is 250 g/mol. The molecule has 4 nitrogen and oxygen atoms in total. The van der Waals surface area contributed by atoms with Crippen LogP contribution in [0.1, 0.15) is 17.7 Å². The second kappa shape index (κ2) is 3.99. The number of aromatic nitrogens is 1. The van der Waals surface area contributed by atoms with Gasteiger partial charge < -0.3 is 0 Å². The number of halogens is 3. The van der Waals surface area contributed by atoms with E-state index in [2.05, 4.69) is 4.98 Å². The fourth-order valence-electron chi connectivity index (χ4n) is 1.05. The van der Waals surface area contributed by atoms with Gasteiger partial charge in [-0.25, -0.2) is 27.3 Å². The number of hydrogen-bond acceptors (Lipinski definition) is 3. The Bertz CT molecular complexity index is 490. The van der Waals surface area contributed by atoms with Gasteiger partial charge in [0.2, 0.25) is 10.0 Å². The summed E-state index contributed by atoms with van der Waals surface area (Å²) in [7, 11) is -4.23. The molecule has 8 heteroatoms. The van der Waals surface area contributed by atoms with Crippen molar-refractivity contribution in [3.8, 4) is 0 Å². The Balaban J connectivity index is 3.62. The number of hydrogen-bond donors (Lipinski definition) is 1. The van der Waals surface area contributed by atoms with Crippen LogP contribution in [0.3, 0.4) is 0 Å². The van der Waals surface area contributed by atoms with Gasteiger partial charge in [0.05, 0.1) is 10.5 Å². The van der Waals surface area contributed by atoms with Crippen molar-refractivity contribution in [3.05, 3.63) is 22.5 Å². The van der Waals surface area contributed by atoms with E-state index < -0.39 is 32.1 Å². The van der Waals surface area contributed by atoms with Crippen LogP contribution in [0, 0.1) is 6.92 Å². The standard InChI is InChI=1S/C7H7ClF2N2O2S/c1-3-2-4(15(11,13)14)5(7(9)10)6(8)12-3/h2,7H,1H3,(H2,11,13,14). The molecule has 0 bridgehead atoms. The average Bonchev–Trinajstić information content (AvgIpc) is 1.99. The molecule has 0 amide bonds. The molecular formula is C7H7ClF2N2O2S. The molecule has 0 aliphatic heterocycles. The first kappa shape index (κ1) is 12.3. The van der Waals surface area contributed by atoms with E-state index in [0.717, 1.165) is 6.07 Å². The summed E-state index contributed by atoms with van der Waals surface area (Å²) >= 11 is 5.42. The summed E-state index contributed by atoms with van der Waals surface area (Å²) < 4.78 is 47.1. The van der Waals surface area contributed by atoms with Crippen molar-refractivity contribution in [2.24, 2.45) is 5.14 Å². The van der Waals surface area contributed by atoms with E-state index in [9.17, 15) is 17.2 Å². The third-order valence-electron chi connectivity index (χ3n) is 1.63. The van der Waals surface area contributed by atoms with Crippen molar-refractivity contribution in [2.75, 3.05) is 0 Å². The van der Waals surface area contributed by atoms with Crippen molar-refractivity contribution >= 4 is 21.6 Å². The Kier molecular flexibility index (Phi) is 3.27. The summed E-state index contributed by atoms with van der Waals surface area (Å²) in [5.41, 5.74) is -0.654. The second-order valence-corrected chi connectivity index (χ2v) is 4.70. The Hall–Kier alpha value is -0.790. The first-order chi connectivity index (χ1) is 6.73. The van der Waals surface area contributed by atoms with E-state index in [0.29, 0.717) is 0 Å². The number of pyridine rings is 1.